The lowest BCUT2D eigenvalue weighted by Crippen LogP contribution is -2.33. The number of halogens is 4. The Morgan fingerprint density at radius 1 is 1.24 bits per heavy atom. The molecule has 1 aromatic heterocycles. The van der Waals surface area contributed by atoms with E-state index < -0.39 is 11.1 Å². The lowest BCUT2D eigenvalue weighted by Gasteiger charge is -2.26. The Kier molecular flexibility index (Phi) is 6.33. The van der Waals surface area contributed by atoms with Gasteiger partial charge in [0, 0.05) is 18.0 Å². The Hall–Kier alpha value is -2.72. The highest BCUT2D eigenvalue weighted by Gasteiger charge is 2.32. The molecular formula is C19H18F4N4OS. The van der Waals surface area contributed by atoms with E-state index in [4.69, 9.17) is 5.41 Å². The van der Waals surface area contributed by atoms with Crippen LogP contribution in [-0.4, -0.2) is 40.6 Å². The van der Waals surface area contributed by atoms with Gasteiger partial charge in [-0.25, -0.2) is 14.4 Å². The number of hydrogen-bond acceptors (Lipinski definition) is 3. The third-order valence-electron chi connectivity index (χ3n) is 4.30. The molecule has 154 valence electrons. The second-order valence-corrected chi connectivity index (χ2v) is 7.53. The highest BCUT2D eigenvalue weighted by atomic mass is 32.1. The molecule has 1 aliphatic heterocycles. The van der Waals surface area contributed by atoms with Crippen molar-refractivity contribution in [3.63, 3.8) is 0 Å². The minimum Gasteiger partial charge on any atom is -0.337 e. The van der Waals surface area contributed by atoms with Gasteiger partial charge in [-0.3, -0.25) is 10.6 Å². The van der Waals surface area contributed by atoms with E-state index in [2.05, 4.69) is 4.99 Å². The van der Waals surface area contributed by atoms with Crippen LogP contribution in [0, 0.1) is 11.2 Å². The van der Waals surface area contributed by atoms with Gasteiger partial charge in [-0.05, 0) is 41.8 Å². The Balaban J connectivity index is 1.53. The summed E-state index contributed by atoms with van der Waals surface area (Å²) in [5.41, 5.74) is 1.98. The van der Waals surface area contributed by atoms with Crippen molar-refractivity contribution in [3.8, 4) is 0 Å². The molecule has 0 unspecified atom stereocenters. The largest absolute Gasteiger partial charge is 0.425 e. The number of hydrogen-bond donors (Lipinski definition) is 2. The molecule has 0 aliphatic carbocycles. The van der Waals surface area contributed by atoms with Crippen LogP contribution < -0.4 is 0 Å². The number of guanidine groups is 1. The summed E-state index contributed by atoms with van der Waals surface area (Å²) in [4.78, 5) is 5.15. The molecule has 3 rings (SSSR count). The van der Waals surface area contributed by atoms with Gasteiger partial charge in [0.15, 0.2) is 0 Å². The average Bonchev–Trinajstić information content (AvgIpc) is 3.16. The molecule has 1 aliphatic rings. The zero-order valence-electron chi connectivity index (χ0n) is 15.2. The van der Waals surface area contributed by atoms with E-state index in [0.717, 1.165) is 23.5 Å². The van der Waals surface area contributed by atoms with Crippen LogP contribution >= 0.6 is 11.3 Å². The molecule has 0 bridgehead atoms. The maximum absolute atomic E-state index is 13.0. The van der Waals surface area contributed by atoms with E-state index in [1.165, 1.54) is 18.2 Å². The number of nitrogens with one attached hydrogen (secondary N) is 1. The second kappa shape index (κ2) is 8.75. The van der Waals surface area contributed by atoms with E-state index in [1.807, 2.05) is 6.08 Å². The summed E-state index contributed by atoms with van der Waals surface area (Å²) in [5.74, 6) is -0.366. The van der Waals surface area contributed by atoms with Crippen LogP contribution in [0.5, 0.6) is 0 Å². The van der Waals surface area contributed by atoms with Crippen molar-refractivity contribution in [2.75, 3.05) is 13.1 Å². The van der Waals surface area contributed by atoms with Gasteiger partial charge >= 0.3 is 6.18 Å². The van der Waals surface area contributed by atoms with E-state index in [9.17, 15) is 22.8 Å². The van der Waals surface area contributed by atoms with E-state index in [0.29, 0.717) is 40.8 Å². The first-order valence-electron chi connectivity index (χ1n) is 8.66. The van der Waals surface area contributed by atoms with Gasteiger partial charge in [0.2, 0.25) is 5.96 Å². The van der Waals surface area contributed by atoms with Crippen LogP contribution in [0.25, 0.3) is 5.57 Å². The Morgan fingerprint density at radius 3 is 2.55 bits per heavy atom. The number of alkyl halides is 3. The number of aliphatic imine (C=N–C) groups is 1. The van der Waals surface area contributed by atoms with Gasteiger partial charge in [-0.15, -0.1) is 11.3 Å². The van der Waals surface area contributed by atoms with Gasteiger partial charge in [0.05, 0.1) is 6.54 Å². The van der Waals surface area contributed by atoms with Crippen molar-refractivity contribution in [2.45, 2.75) is 19.1 Å². The Bertz CT molecular complexity index is 921. The quantitative estimate of drug-likeness (QED) is 0.318. The molecule has 0 radical (unpaired) electrons. The van der Waals surface area contributed by atoms with Gasteiger partial charge in [-0.2, -0.15) is 13.2 Å². The molecule has 2 N–H and O–H groups in total. The summed E-state index contributed by atoms with van der Waals surface area (Å²) in [5, 5.41) is 18.5. The molecule has 0 saturated heterocycles. The first-order valence-corrected chi connectivity index (χ1v) is 9.48. The van der Waals surface area contributed by atoms with Crippen LogP contribution in [-0.2, 0) is 12.7 Å². The topological polar surface area (TPSA) is 62.9 Å². The monoisotopic (exact) mass is 426 g/mol. The summed E-state index contributed by atoms with van der Waals surface area (Å²) < 4.78 is 50.8. The molecule has 0 atom stereocenters. The lowest BCUT2D eigenvalue weighted by atomic mass is 10.00. The fourth-order valence-corrected chi connectivity index (χ4v) is 3.67. The van der Waals surface area contributed by atoms with Crippen LogP contribution in [0.4, 0.5) is 17.6 Å². The van der Waals surface area contributed by atoms with Gasteiger partial charge < -0.3 is 4.90 Å². The number of hydroxylamine groups is 2. The average molecular weight is 426 g/mol. The van der Waals surface area contributed by atoms with Crippen LogP contribution in [0.1, 0.15) is 21.7 Å². The number of rotatable bonds is 4. The van der Waals surface area contributed by atoms with E-state index in [1.54, 1.807) is 17.0 Å². The molecule has 2 aromatic rings. The first-order chi connectivity index (χ1) is 13.7. The maximum atomic E-state index is 13.0. The molecule has 5 nitrogen and oxygen atoms in total. The molecule has 0 saturated carbocycles. The summed E-state index contributed by atoms with van der Waals surface area (Å²) in [7, 11) is 0. The van der Waals surface area contributed by atoms with Crippen molar-refractivity contribution in [3.05, 3.63) is 63.6 Å². The summed E-state index contributed by atoms with van der Waals surface area (Å²) >= 11 is 0.546. The van der Waals surface area contributed by atoms with E-state index in [-0.39, 0.29) is 18.3 Å². The fourth-order valence-electron chi connectivity index (χ4n) is 2.81. The summed E-state index contributed by atoms with van der Waals surface area (Å²) in [6.07, 6.45) is -0.813. The zero-order valence-corrected chi connectivity index (χ0v) is 16.0. The molecule has 1 aromatic carbocycles. The number of benzene rings is 1. The number of nitrogens with zero attached hydrogens (tertiary/aromatic N) is 3. The minimum atomic E-state index is -4.41. The molecule has 0 spiro atoms. The van der Waals surface area contributed by atoms with Crippen molar-refractivity contribution in [1.29, 1.82) is 5.41 Å². The SMILES string of the molecule is N=C(/N=C\N(O)Cc1ccc(C(F)(F)F)s1)N1CC=C(c2ccc(F)cc2)CC1. The maximum Gasteiger partial charge on any atom is 0.425 e. The predicted molar refractivity (Wildman–Crippen MR) is 103 cm³/mol. The third kappa shape index (κ3) is 5.64. The van der Waals surface area contributed by atoms with Crippen molar-refractivity contribution >= 4 is 29.2 Å². The Labute approximate surface area is 168 Å². The second-order valence-electron chi connectivity index (χ2n) is 6.36. The fraction of sp³-hybridized carbons (Fsp3) is 0.263. The zero-order chi connectivity index (χ0) is 21.0. The van der Waals surface area contributed by atoms with Gasteiger partial charge in [0.1, 0.15) is 17.0 Å². The smallest absolute Gasteiger partial charge is 0.337 e. The van der Waals surface area contributed by atoms with Gasteiger partial charge in [0.25, 0.3) is 0 Å². The Morgan fingerprint density at radius 2 is 1.97 bits per heavy atom. The van der Waals surface area contributed by atoms with Crippen LogP contribution in [0.2, 0.25) is 0 Å². The highest BCUT2D eigenvalue weighted by molar-refractivity contribution is 7.12. The van der Waals surface area contributed by atoms with Crippen molar-refractivity contribution in [1.82, 2.24) is 9.96 Å². The van der Waals surface area contributed by atoms with Crippen molar-refractivity contribution in [2.24, 2.45) is 4.99 Å². The van der Waals surface area contributed by atoms with Crippen molar-refractivity contribution < 1.29 is 22.8 Å². The predicted octanol–water partition coefficient (Wildman–Crippen LogP) is 4.85. The molecule has 2 heterocycles. The third-order valence-corrected chi connectivity index (χ3v) is 5.41. The van der Waals surface area contributed by atoms with Crippen LogP contribution in [0.3, 0.4) is 0 Å². The molecule has 10 heteroatoms. The molecule has 0 amide bonds. The number of thiophene rings is 1. The summed E-state index contributed by atoms with van der Waals surface area (Å²) in [6, 6.07) is 8.47. The first kappa shape index (κ1) is 21.0. The standard InChI is InChI=1S/C19H18F4N4OS/c20-15-3-1-13(2-4-15)14-7-9-26(10-8-14)18(24)25-12-27(28)11-16-5-6-17(29-16)19(21,22)23/h1-7,12,24,28H,8-11H2/b24-18?,25-12-. The molecule has 0 fully saturated rings. The minimum absolute atomic E-state index is 0.0689. The lowest BCUT2D eigenvalue weighted by molar-refractivity contribution is -0.134. The van der Waals surface area contributed by atoms with E-state index >= 15 is 0 Å². The molecular weight excluding hydrogens is 408 g/mol. The highest BCUT2D eigenvalue weighted by Crippen LogP contribution is 2.34. The van der Waals surface area contributed by atoms with Gasteiger partial charge in [-0.1, -0.05) is 18.2 Å². The summed E-state index contributed by atoms with van der Waals surface area (Å²) in [6.45, 7) is 0.811. The normalized spacial score (nSPS) is 14.9. The van der Waals surface area contributed by atoms with Crippen LogP contribution in [0.15, 0.2) is 47.5 Å². The molecule has 29 heavy (non-hydrogen) atoms.